The topological polar surface area (TPSA) is 94.3 Å². The van der Waals surface area contributed by atoms with Crippen molar-refractivity contribution >= 4 is 55.5 Å². The summed E-state index contributed by atoms with van der Waals surface area (Å²) in [5.74, 6) is -0.129. The average molecular weight is 512 g/mol. The van der Waals surface area contributed by atoms with E-state index in [1.807, 2.05) is 0 Å². The Hall–Kier alpha value is -2.45. The number of nitrogens with zero attached hydrogens (tertiary/aromatic N) is 1. The number of carbonyl (C=O) groups is 2. The van der Waals surface area contributed by atoms with Gasteiger partial charge in [-0.3, -0.25) is 4.79 Å². The molecule has 3 aromatic heterocycles. The fraction of sp³-hybridized carbons (Fsp3) is 0.519. The van der Waals surface area contributed by atoms with Gasteiger partial charge in [0, 0.05) is 16.0 Å². The van der Waals surface area contributed by atoms with Crippen molar-refractivity contribution < 1.29 is 14.3 Å². The highest BCUT2D eigenvalue weighted by Crippen LogP contribution is 2.45. The summed E-state index contributed by atoms with van der Waals surface area (Å²) in [4.78, 5) is 33.6. The minimum absolute atomic E-state index is 0.187. The third-order valence-corrected chi connectivity index (χ3v) is 9.69. The number of amides is 1. The molecule has 6 nitrogen and oxygen atoms in total. The Kier molecular flexibility index (Phi) is 6.38. The number of aryl methyl sites for hydroxylation is 2. The fourth-order valence-corrected chi connectivity index (χ4v) is 7.62. The lowest BCUT2D eigenvalue weighted by atomic mass is 9.72. The number of thiophene rings is 2. The van der Waals surface area contributed by atoms with E-state index in [9.17, 15) is 9.59 Å². The molecule has 1 unspecified atom stereocenters. The Morgan fingerprint density at radius 1 is 1.20 bits per heavy atom. The second-order valence-electron chi connectivity index (χ2n) is 10.7. The SMILES string of the molecule is CCOC(=O)c1c(NC(=O)c2sc3nc4c(cc3c2N)CCCC4)sc2c1CCC(C(C)(C)C)C2. The van der Waals surface area contributed by atoms with Crippen LogP contribution in [-0.4, -0.2) is 23.5 Å². The van der Waals surface area contributed by atoms with Crippen molar-refractivity contribution in [3.05, 3.63) is 38.2 Å². The quantitative estimate of drug-likeness (QED) is 0.395. The molecule has 3 N–H and O–H groups in total. The Balaban J connectivity index is 1.49. The van der Waals surface area contributed by atoms with E-state index in [1.54, 1.807) is 6.92 Å². The molecule has 0 saturated carbocycles. The van der Waals surface area contributed by atoms with Crippen LogP contribution in [0.5, 0.6) is 0 Å². The normalized spacial score (nSPS) is 17.7. The van der Waals surface area contributed by atoms with Gasteiger partial charge in [-0.2, -0.15) is 0 Å². The summed E-state index contributed by atoms with van der Waals surface area (Å²) in [6, 6.07) is 2.11. The second kappa shape index (κ2) is 9.21. The Bertz CT molecular complexity index is 1320. The maximum atomic E-state index is 13.4. The van der Waals surface area contributed by atoms with E-state index < -0.39 is 0 Å². The van der Waals surface area contributed by atoms with Gasteiger partial charge in [-0.1, -0.05) is 20.8 Å². The number of hydrogen-bond donors (Lipinski definition) is 2. The molecule has 0 saturated heterocycles. The molecule has 0 fully saturated rings. The smallest absolute Gasteiger partial charge is 0.341 e. The number of rotatable bonds is 4. The van der Waals surface area contributed by atoms with Crippen LogP contribution in [0.3, 0.4) is 0 Å². The van der Waals surface area contributed by atoms with Crippen LogP contribution in [0, 0.1) is 11.3 Å². The lowest BCUT2D eigenvalue weighted by molar-refractivity contribution is 0.0526. The summed E-state index contributed by atoms with van der Waals surface area (Å²) < 4.78 is 5.39. The van der Waals surface area contributed by atoms with Gasteiger partial charge < -0.3 is 15.8 Å². The van der Waals surface area contributed by atoms with Crippen LogP contribution in [0.1, 0.15) is 88.7 Å². The number of nitrogen functional groups attached to an aromatic ring is 1. The van der Waals surface area contributed by atoms with Crippen molar-refractivity contribution in [3.63, 3.8) is 0 Å². The minimum Gasteiger partial charge on any atom is -0.462 e. The molecule has 0 aliphatic heterocycles. The molecule has 1 atom stereocenters. The number of ether oxygens (including phenoxy) is 1. The van der Waals surface area contributed by atoms with Gasteiger partial charge in [0.15, 0.2) is 0 Å². The van der Waals surface area contributed by atoms with Crippen molar-refractivity contribution in [2.45, 2.75) is 72.6 Å². The van der Waals surface area contributed by atoms with E-state index in [-0.39, 0.29) is 17.3 Å². The van der Waals surface area contributed by atoms with E-state index >= 15 is 0 Å². The van der Waals surface area contributed by atoms with Crippen molar-refractivity contribution in [1.82, 2.24) is 4.98 Å². The standard InChI is InChI=1S/C27H33N3O3S2/c1-5-33-26(32)20-16-11-10-15(27(2,3)4)13-19(16)34-25(20)30-23(31)22-21(28)17-12-14-8-6-7-9-18(14)29-24(17)35-22/h12,15H,5-11,13,28H2,1-4H3,(H,30,31). The summed E-state index contributed by atoms with van der Waals surface area (Å²) in [6.45, 7) is 8.89. The molecule has 2 aliphatic carbocycles. The van der Waals surface area contributed by atoms with E-state index in [0.29, 0.717) is 33.7 Å². The molecular weight excluding hydrogens is 478 g/mol. The summed E-state index contributed by atoms with van der Waals surface area (Å²) in [5, 5.41) is 4.45. The molecule has 2 aliphatic rings. The third kappa shape index (κ3) is 4.47. The van der Waals surface area contributed by atoms with E-state index in [0.717, 1.165) is 66.4 Å². The van der Waals surface area contributed by atoms with Gasteiger partial charge in [-0.05, 0) is 80.4 Å². The van der Waals surface area contributed by atoms with Gasteiger partial charge in [0.1, 0.15) is 14.7 Å². The number of anilines is 2. The van der Waals surface area contributed by atoms with Gasteiger partial charge in [-0.25, -0.2) is 9.78 Å². The largest absolute Gasteiger partial charge is 0.462 e. The molecule has 0 aromatic carbocycles. The summed E-state index contributed by atoms with van der Waals surface area (Å²) in [6.07, 6.45) is 7.04. The highest BCUT2D eigenvalue weighted by atomic mass is 32.1. The predicted octanol–water partition coefficient (Wildman–Crippen LogP) is 6.40. The fourth-order valence-electron chi connectivity index (χ4n) is 5.32. The number of nitrogens with two attached hydrogens (primary N) is 1. The maximum absolute atomic E-state index is 13.4. The molecule has 3 heterocycles. The molecule has 3 aromatic rings. The molecule has 5 rings (SSSR count). The van der Waals surface area contributed by atoms with E-state index in [1.165, 1.54) is 33.1 Å². The Morgan fingerprint density at radius 2 is 1.97 bits per heavy atom. The average Bonchev–Trinajstić information content (AvgIpc) is 3.33. The first-order chi connectivity index (χ1) is 16.7. The van der Waals surface area contributed by atoms with Gasteiger partial charge in [-0.15, -0.1) is 22.7 Å². The van der Waals surface area contributed by atoms with Gasteiger partial charge in [0.25, 0.3) is 5.91 Å². The van der Waals surface area contributed by atoms with Crippen molar-refractivity contribution in [2.75, 3.05) is 17.7 Å². The van der Waals surface area contributed by atoms with Crippen LogP contribution < -0.4 is 11.1 Å². The van der Waals surface area contributed by atoms with Crippen LogP contribution in [0.25, 0.3) is 10.2 Å². The summed E-state index contributed by atoms with van der Waals surface area (Å²) in [5.41, 5.74) is 11.0. The van der Waals surface area contributed by atoms with Crippen LogP contribution in [0.2, 0.25) is 0 Å². The molecule has 8 heteroatoms. The van der Waals surface area contributed by atoms with E-state index in [4.69, 9.17) is 15.5 Å². The number of esters is 1. The Labute approximate surface area is 214 Å². The van der Waals surface area contributed by atoms with Crippen LogP contribution in [-0.2, 0) is 30.4 Å². The first-order valence-corrected chi connectivity index (χ1v) is 14.1. The number of pyridine rings is 1. The monoisotopic (exact) mass is 511 g/mol. The third-order valence-electron chi connectivity index (χ3n) is 7.40. The summed E-state index contributed by atoms with van der Waals surface area (Å²) >= 11 is 2.84. The Morgan fingerprint density at radius 3 is 2.71 bits per heavy atom. The van der Waals surface area contributed by atoms with Crippen LogP contribution in [0.15, 0.2) is 6.07 Å². The number of fused-ring (bicyclic) bond motifs is 3. The first kappa shape index (κ1) is 24.3. The van der Waals surface area contributed by atoms with Gasteiger partial charge in [0.05, 0.1) is 17.9 Å². The molecule has 186 valence electrons. The summed E-state index contributed by atoms with van der Waals surface area (Å²) in [7, 11) is 0. The molecular formula is C27H33N3O3S2. The molecule has 1 amide bonds. The highest BCUT2D eigenvalue weighted by molar-refractivity contribution is 7.21. The van der Waals surface area contributed by atoms with Gasteiger partial charge >= 0.3 is 5.97 Å². The van der Waals surface area contributed by atoms with Crippen molar-refractivity contribution in [3.8, 4) is 0 Å². The van der Waals surface area contributed by atoms with Gasteiger partial charge in [0.2, 0.25) is 0 Å². The predicted molar refractivity (Wildman–Crippen MR) is 144 cm³/mol. The number of hydrogen-bond acceptors (Lipinski definition) is 7. The lowest BCUT2D eigenvalue weighted by Gasteiger charge is -2.33. The maximum Gasteiger partial charge on any atom is 0.341 e. The molecule has 35 heavy (non-hydrogen) atoms. The molecule has 0 bridgehead atoms. The van der Waals surface area contributed by atoms with Crippen molar-refractivity contribution in [2.24, 2.45) is 11.3 Å². The second-order valence-corrected chi connectivity index (χ2v) is 12.8. The lowest BCUT2D eigenvalue weighted by Crippen LogP contribution is -2.26. The first-order valence-electron chi connectivity index (χ1n) is 12.5. The zero-order valence-electron chi connectivity index (χ0n) is 20.9. The number of carbonyl (C=O) groups excluding carboxylic acids is 2. The zero-order valence-corrected chi connectivity index (χ0v) is 22.5. The number of aromatic nitrogens is 1. The molecule has 0 radical (unpaired) electrons. The zero-order chi connectivity index (χ0) is 24.9. The molecule has 0 spiro atoms. The number of nitrogens with one attached hydrogen (secondary N) is 1. The highest BCUT2D eigenvalue weighted by Gasteiger charge is 2.35. The van der Waals surface area contributed by atoms with Crippen molar-refractivity contribution in [1.29, 1.82) is 0 Å². The van der Waals surface area contributed by atoms with Crippen LogP contribution in [0.4, 0.5) is 10.7 Å². The van der Waals surface area contributed by atoms with Crippen LogP contribution >= 0.6 is 22.7 Å². The van der Waals surface area contributed by atoms with E-state index in [2.05, 4.69) is 32.2 Å². The minimum atomic E-state index is -0.367.